The molecule has 150 valence electrons. The Morgan fingerprint density at radius 1 is 1.15 bits per heavy atom. The van der Waals surface area contributed by atoms with Crippen molar-refractivity contribution >= 4 is 11.9 Å². The van der Waals surface area contributed by atoms with Crippen LogP contribution in [0.4, 0.5) is 0 Å². The lowest BCUT2D eigenvalue weighted by atomic mass is 10.0. The molecule has 27 heavy (non-hydrogen) atoms. The molecule has 1 aromatic carbocycles. The third kappa shape index (κ3) is 7.61. The van der Waals surface area contributed by atoms with Crippen LogP contribution in [0.25, 0.3) is 0 Å². The molecule has 1 saturated heterocycles. The number of nitrogens with zero attached hydrogens (tertiary/aromatic N) is 2. The molecule has 2 N–H and O–H groups in total. The molecule has 0 radical (unpaired) electrons. The molecule has 0 bridgehead atoms. The van der Waals surface area contributed by atoms with Gasteiger partial charge in [0.2, 0.25) is 5.91 Å². The first kappa shape index (κ1) is 21.3. The van der Waals surface area contributed by atoms with Gasteiger partial charge in [0.15, 0.2) is 5.96 Å². The summed E-state index contributed by atoms with van der Waals surface area (Å²) in [4.78, 5) is 18.0. The van der Waals surface area contributed by atoms with Crippen molar-refractivity contribution in [2.75, 3.05) is 13.6 Å². The highest BCUT2D eigenvalue weighted by molar-refractivity contribution is 5.80. The first-order chi connectivity index (χ1) is 13.0. The minimum absolute atomic E-state index is 0.276. The lowest BCUT2D eigenvalue weighted by molar-refractivity contribution is -0.128. The Morgan fingerprint density at radius 2 is 1.85 bits per heavy atom. The standard InChI is InChI=1S/C22H36N4O/c1-17(2)7-5-8-18(3)25-22(23-4)24-15-19-10-12-20(13-11-19)16-26-14-6-9-21(26)27/h10-13,17-18H,5-9,14-16H2,1-4H3,(H2,23,24,25). The highest BCUT2D eigenvalue weighted by Gasteiger charge is 2.19. The van der Waals surface area contributed by atoms with E-state index in [-0.39, 0.29) is 5.91 Å². The summed E-state index contributed by atoms with van der Waals surface area (Å²) in [7, 11) is 1.81. The summed E-state index contributed by atoms with van der Waals surface area (Å²) >= 11 is 0. The van der Waals surface area contributed by atoms with E-state index in [0.29, 0.717) is 12.5 Å². The molecule has 1 aromatic rings. The second-order valence-electron chi connectivity index (χ2n) is 8.03. The van der Waals surface area contributed by atoms with Gasteiger partial charge in [-0.1, -0.05) is 51.0 Å². The van der Waals surface area contributed by atoms with Crippen molar-refractivity contribution in [3.63, 3.8) is 0 Å². The van der Waals surface area contributed by atoms with Gasteiger partial charge in [0.05, 0.1) is 0 Å². The van der Waals surface area contributed by atoms with Gasteiger partial charge in [0, 0.05) is 39.1 Å². The van der Waals surface area contributed by atoms with Crippen molar-refractivity contribution in [1.82, 2.24) is 15.5 Å². The zero-order valence-electron chi connectivity index (χ0n) is 17.4. The number of hydrogen-bond donors (Lipinski definition) is 2. The van der Waals surface area contributed by atoms with E-state index in [4.69, 9.17) is 0 Å². The van der Waals surface area contributed by atoms with Crippen molar-refractivity contribution in [2.45, 2.75) is 72.0 Å². The highest BCUT2D eigenvalue weighted by atomic mass is 16.2. The number of aliphatic imine (C=N–C) groups is 1. The molecule has 0 aliphatic carbocycles. The van der Waals surface area contributed by atoms with E-state index in [0.717, 1.165) is 44.4 Å². The van der Waals surface area contributed by atoms with Crippen LogP contribution in [-0.4, -0.2) is 36.4 Å². The minimum atomic E-state index is 0.276. The van der Waals surface area contributed by atoms with E-state index >= 15 is 0 Å². The van der Waals surface area contributed by atoms with Crippen LogP contribution in [0, 0.1) is 5.92 Å². The number of carbonyl (C=O) groups excluding carboxylic acids is 1. The highest BCUT2D eigenvalue weighted by Crippen LogP contribution is 2.14. The second-order valence-corrected chi connectivity index (χ2v) is 8.03. The Labute approximate surface area is 164 Å². The predicted molar refractivity (Wildman–Crippen MR) is 113 cm³/mol. The number of carbonyl (C=O) groups is 1. The summed E-state index contributed by atoms with van der Waals surface area (Å²) in [5.74, 6) is 1.89. The first-order valence-electron chi connectivity index (χ1n) is 10.3. The fourth-order valence-electron chi connectivity index (χ4n) is 3.37. The lowest BCUT2D eigenvalue weighted by Crippen LogP contribution is -2.41. The van der Waals surface area contributed by atoms with Crippen LogP contribution >= 0.6 is 0 Å². The van der Waals surface area contributed by atoms with Crippen LogP contribution in [0.3, 0.4) is 0 Å². The number of rotatable bonds is 9. The van der Waals surface area contributed by atoms with E-state index < -0.39 is 0 Å². The van der Waals surface area contributed by atoms with Gasteiger partial charge in [-0.15, -0.1) is 0 Å². The third-order valence-corrected chi connectivity index (χ3v) is 5.05. The van der Waals surface area contributed by atoms with Gasteiger partial charge in [-0.3, -0.25) is 9.79 Å². The third-order valence-electron chi connectivity index (χ3n) is 5.05. The van der Waals surface area contributed by atoms with Crippen LogP contribution in [0.1, 0.15) is 64.0 Å². The van der Waals surface area contributed by atoms with E-state index in [1.165, 1.54) is 24.0 Å². The number of likely N-dealkylation sites (tertiary alicyclic amines) is 1. The summed E-state index contributed by atoms with van der Waals surface area (Å²) in [6, 6.07) is 8.90. The van der Waals surface area contributed by atoms with E-state index in [1.54, 1.807) is 0 Å². The molecule has 1 amide bonds. The van der Waals surface area contributed by atoms with Crippen LogP contribution in [0.2, 0.25) is 0 Å². The van der Waals surface area contributed by atoms with Crippen molar-refractivity contribution in [3.8, 4) is 0 Å². The van der Waals surface area contributed by atoms with Gasteiger partial charge in [-0.05, 0) is 36.8 Å². The topological polar surface area (TPSA) is 56.7 Å². The van der Waals surface area contributed by atoms with Gasteiger partial charge in [-0.2, -0.15) is 0 Å². The van der Waals surface area contributed by atoms with Crippen LogP contribution in [0.15, 0.2) is 29.3 Å². The summed E-state index contributed by atoms with van der Waals surface area (Å²) in [6.45, 7) is 9.10. The molecular formula is C22H36N4O. The van der Waals surface area contributed by atoms with Gasteiger partial charge < -0.3 is 15.5 Å². The minimum Gasteiger partial charge on any atom is -0.354 e. The Hall–Kier alpha value is -2.04. The molecule has 0 saturated carbocycles. The lowest BCUT2D eigenvalue weighted by Gasteiger charge is -2.19. The second kappa shape index (κ2) is 11.0. The number of guanidine groups is 1. The molecular weight excluding hydrogens is 336 g/mol. The molecule has 1 aliphatic rings. The molecule has 1 fully saturated rings. The smallest absolute Gasteiger partial charge is 0.222 e. The largest absolute Gasteiger partial charge is 0.354 e. The maximum atomic E-state index is 11.7. The van der Waals surface area contributed by atoms with Crippen molar-refractivity contribution in [3.05, 3.63) is 35.4 Å². The number of amides is 1. The Balaban J connectivity index is 1.74. The Morgan fingerprint density at radius 3 is 2.44 bits per heavy atom. The molecule has 1 heterocycles. The fourth-order valence-corrected chi connectivity index (χ4v) is 3.37. The fraction of sp³-hybridized carbons (Fsp3) is 0.636. The molecule has 5 nitrogen and oxygen atoms in total. The van der Waals surface area contributed by atoms with Crippen LogP contribution < -0.4 is 10.6 Å². The van der Waals surface area contributed by atoms with Crippen molar-refractivity contribution in [2.24, 2.45) is 10.9 Å². The average molecular weight is 373 g/mol. The number of nitrogens with one attached hydrogen (secondary N) is 2. The summed E-state index contributed by atoms with van der Waals surface area (Å²) in [6.07, 6.45) is 5.35. The van der Waals surface area contributed by atoms with E-state index in [1.807, 2.05) is 11.9 Å². The monoisotopic (exact) mass is 372 g/mol. The van der Waals surface area contributed by atoms with Crippen molar-refractivity contribution < 1.29 is 4.79 Å². The van der Waals surface area contributed by atoms with Crippen LogP contribution in [-0.2, 0) is 17.9 Å². The quantitative estimate of drug-likeness (QED) is 0.513. The van der Waals surface area contributed by atoms with Gasteiger partial charge in [0.25, 0.3) is 0 Å². The average Bonchev–Trinajstić information content (AvgIpc) is 3.04. The molecule has 1 unspecified atom stereocenters. The van der Waals surface area contributed by atoms with E-state index in [9.17, 15) is 4.79 Å². The van der Waals surface area contributed by atoms with Gasteiger partial charge in [-0.25, -0.2) is 0 Å². The molecule has 0 spiro atoms. The molecule has 0 aromatic heterocycles. The maximum absolute atomic E-state index is 11.7. The maximum Gasteiger partial charge on any atom is 0.222 e. The summed E-state index contributed by atoms with van der Waals surface area (Å²) in [5.41, 5.74) is 2.40. The molecule has 1 aliphatic heterocycles. The van der Waals surface area contributed by atoms with Crippen LogP contribution in [0.5, 0.6) is 0 Å². The predicted octanol–water partition coefficient (Wildman–Crippen LogP) is 3.69. The zero-order valence-corrected chi connectivity index (χ0v) is 17.4. The Bertz CT molecular complexity index is 609. The SMILES string of the molecule is CN=C(NCc1ccc(CN2CCCC2=O)cc1)NC(C)CCCC(C)C. The first-order valence-corrected chi connectivity index (χ1v) is 10.3. The number of hydrogen-bond acceptors (Lipinski definition) is 2. The number of benzene rings is 1. The summed E-state index contributed by atoms with van der Waals surface area (Å²) in [5, 5.41) is 6.86. The molecule has 1 atom stereocenters. The molecule has 5 heteroatoms. The van der Waals surface area contributed by atoms with E-state index in [2.05, 4.69) is 60.7 Å². The van der Waals surface area contributed by atoms with Gasteiger partial charge >= 0.3 is 0 Å². The zero-order chi connectivity index (χ0) is 19.6. The summed E-state index contributed by atoms with van der Waals surface area (Å²) < 4.78 is 0. The Kier molecular flexibility index (Phi) is 8.62. The van der Waals surface area contributed by atoms with Crippen molar-refractivity contribution in [1.29, 1.82) is 0 Å². The normalized spacial score (nSPS) is 16.1. The van der Waals surface area contributed by atoms with Gasteiger partial charge in [0.1, 0.15) is 0 Å². The molecule has 2 rings (SSSR count).